The molecule has 0 saturated heterocycles. The predicted octanol–water partition coefficient (Wildman–Crippen LogP) is 2.67. The second-order valence-corrected chi connectivity index (χ2v) is 7.05. The number of fused-ring (bicyclic) bond motifs is 2. The zero-order valence-corrected chi connectivity index (χ0v) is 15.6. The van der Waals surface area contributed by atoms with Gasteiger partial charge in [-0.05, 0) is 24.6 Å². The van der Waals surface area contributed by atoms with Crippen molar-refractivity contribution < 1.29 is 4.79 Å². The average molecular weight is 372 g/mol. The van der Waals surface area contributed by atoms with Gasteiger partial charge in [0.1, 0.15) is 17.3 Å². The Morgan fingerprint density at radius 1 is 1.14 bits per heavy atom. The van der Waals surface area contributed by atoms with E-state index in [4.69, 9.17) is 0 Å². The van der Waals surface area contributed by atoms with Gasteiger partial charge in [0.05, 0.1) is 18.2 Å². The fourth-order valence-corrected chi connectivity index (χ4v) is 3.87. The molecule has 0 radical (unpaired) electrons. The lowest BCUT2D eigenvalue weighted by molar-refractivity contribution is 0.0608. The summed E-state index contributed by atoms with van der Waals surface area (Å²) in [7, 11) is 0. The van der Waals surface area contributed by atoms with Crippen molar-refractivity contribution in [3.63, 3.8) is 0 Å². The summed E-state index contributed by atoms with van der Waals surface area (Å²) >= 11 is 0. The van der Waals surface area contributed by atoms with Gasteiger partial charge in [-0.15, -0.1) is 0 Å². The number of hydrogen-bond donors (Lipinski definition) is 0. The number of hydrogen-bond acceptors (Lipinski definition) is 4. The van der Waals surface area contributed by atoms with Crippen LogP contribution in [-0.2, 0) is 13.0 Å². The van der Waals surface area contributed by atoms with Crippen molar-refractivity contribution in [2.45, 2.75) is 25.9 Å². The van der Waals surface area contributed by atoms with Gasteiger partial charge in [0, 0.05) is 31.6 Å². The Morgan fingerprint density at radius 3 is 2.86 bits per heavy atom. The number of aromatic nitrogens is 5. The van der Waals surface area contributed by atoms with E-state index in [0.29, 0.717) is 25.1 Å². The number of rotatable bonds is 3. The zero-order valence-electron chi connectivity index (χ0n) is 15.6. The van der Waals surface area contributed by atoms with Crippen LogP contribution in [0, 0.1) is 6.92 Å². The molecule has 0 spiro atoms. The summed E-state index contributed by atoms with van der Waals surface area (Å²) in [6.07, 6.45) is 6.13. The van der Waals surface area contributed by atoms with Crippen LogP contribution in [0.3, 0.4) is 0 Å². The van der Waals surface area contributed by atoms with Crippen LogP contribution in [0.25, 0.3) is 5.65 Å². The molecule has 1 aliphatic heterocycles. The molecule has 0 bridgehead atoms. The third-order valence-corrected chi connectivity index (χ3v) is 5.20. The fraction of sp³-hybridized carbons (Fsp3) is 0.238. The molecule has 1 amide bonds. The van der Waals surface area contributed by atoms with Gasteiger partial charge in [0.15, 0.2) is 0 Å². The smallest absolute Gasteiger partial charge is 0.256 e. The molecule has 0 fully saturated rings. The van der Waals surface area contributed by atoms with E-state index in [0.717, 1.165) is 17.3 Å². The number of benzene rings is 1. The third kappa shape index (κ3) is 2.85. The van der Waals surface area contributed by atoms with E-state index < -0.39 is 0 Å². The van der Waals surface area contributed by atoms with Crippen LogP contribution in [0.1, 0.15) is 33.6 Å². The molecule has 5 rings (SSSR count). The number of nitrogens with zero attached hydrogens (tertiary/aromatic N) is 6. The standard InChI is InChI=1S/C21H20N6O/c1-15-23-20-18(13-16-5-3-2-4-6-16)26(11-12-27(20)24-15)21(28)17-7-8-19-22-9-10-25(19)14-17/h2-10,14,18H,11-13H2,1H3/t18-/m0/s1. The van der Waals surface area contributed by atoms with E-state index in [1.54, 1.807) is 6.20 Å². The number of carbonyl (C=O) groups excluding carboxylic acids is 1. The number of amides is 1. The molecule has 7 nitrogen and oxygen atoms in total. The van der Waals surface area contributed by atoms with E-state index in [1.165, 1.54) is 5.56 Å². The summed E-state index contributed by atoms with van der Waals surface area (Å²) in [5.41, 5.74) is 2.64. The summed E-state index contributed by atoms with van der Waals surface area (Å²) in [5, 5.41) is 4.50. The molecule has 3 aromatic heterocycles. The topological polar surface area (TPSA) is 68.3 Å². The minimum atomic E-state index is -0.150. The minimum Gasteiger partial charge on any atom is -0.326 e. The van der Waals surface area contributed by atoms with Crippen molar-refractivity contribution in [2.24, 2.45) is 0 Å². The van der Waals surface area contributed by atoms with Gasteiger partial charge in [-0.3, -0.25) is 4.79 Å². The number of aryl methyl sites for hydroxylation is 1. The normalized spacial score (nSPS) is 16.3. The Morgan fingerprint density at radius 2 is 2.00 bits per heavy atom. The first-order valence-corrected chi connectivity index (χ1v) is 9.38. The van der Waals surface area contributed by atoms with E-state index in [2.05, 4.69) is 27.2 Å². The van der Waals surface area contributed by atoms with Crippen LogP contribution in [0.15, 0.2) is 61.1 Å². The Hall–Kier alpha value is -3.48. The minimum absolute atomic E-state index is 0.00318. The monoisotopic (exact) mass is 372 g/mol. The molecule has 7 heteroatoms. The molecule has 140 valence electrons. The van der Waals surface area contributed by atoms with Crippen LogP contribution in [0.4, 0.5) is 0 Å². The van der Waals surface area contributed by atoms with Crippen LogP contribution >= 0.6 is 0 Å². The van der Waals surface area contributed by atoms with E-state index in [-0.39, 0.29) is 11.9 Å². The highest BCUT2D eigenvalue weighted by atomic mass is 16.2. The molecule has 0 N–H and O–H groups in total. The highest BCUT2D eigenvalue weighted by Crippen LogP contribution is 2.29. The van der Waals surface area contributed by atoms with Gasteiger partial charge in [-0.1, -0.05) is 30.3 Å². The largest absolute Gasteiger partial charge is 0.326 e. The summed E-state index contributed by atoms with van der Waals surface area (Å²) < 4.78 is 3.81. The molecule has 1 aliphatic rings. The SMILES string of the molecule is Cc1nc2n(n1)CCN(C(=O)c1ccc3nccn3c1)[C@H]2Cc1ccccc1. The Bertz CT molecular complexity index is 1150. The molecule has 0 aliphatic carbocycles. The van der Waals surface area contributed by atoms with Gasteiger partial charge in [0.25, 0.3) is 5.91 Å². The van der Waals surface area contributed by atoms with Crippen LogP contribution in [0.5, 0.6) is 0 Å². The fourth-order valence-electron chi connectivity index (χ4n) is 3.87. The Kier molecular flexibility index (Phi) is 3.93. The molecule has 4 heterocycles. The Labute approximate surface area is 162 Å². The van der Waals surface area contributed by atoms with Crippen molar-refractivity contribution in [3.05, 3.63) is 83.8 Å². The first kappa shape index (κ1) is 16.7. The summed E-state index contributed by atoms with van der Waals surface area (Å²) in [6, 6.07) is 13.8. The van der Waals surface area contributed by atoms with Gasteiger partial charge in [-0.2, -0.15) is 5.10 Å². The van der Waals surface area contributed by atoms with Crippen molar-refractivity contribution in [2.75, 3.05) is 6.54 Å². The molecular formula is C21H20N6O. The van der Waals surface area contributed by atoms with Gasteiger partial charge >= 0.3 is 0 Å². The molecule has 4 aromatic rings. The van der Waals surface area contributed by atoms with Gasteiger partial charge in [-0.25, -0.2) is 14.6 Å². The summed E-state index contributed by atoms with van der Waals surface area (Å²) in [4.78, 5) is 24.2. The maximum atomic E-state index is 13.4. The second kappa shape index (κ2) is 6.60. The number of carbonyl (C=O) groups is 1. The van der Waals surface area contributed by atoms with Crippen molar-refractivity contribution >= 4 is 11.6 Å². The van der Waals surface area contributed by atoms with Crippen LogP contribution < -0.4 is 0 Å². The molecule has 0 unspecified atom stereocenters. The van der Waals surface area contributed by atoms with Crippen molar-refractivity contribution in [3.8, 4) is 0 Å². The lowest BCUT2D eigenvalue weighted by atomic mass is 10.0. The quantitative estimate of drug-likeness (QED) is 0.554. The highest BCUT2D eigenvalue weighted by Gasteiger charge is 2.34. The van der Waals surface area contributed by atoms with Crippen LogP contribution in [-0.4, -0.2) is 41.5 Å². The van der Waals surface area contributed by atoms with Crippen molar-refractivity contribution in [1.29, 1.82) is 0 Å². The van der Waals surface area contributed by atoms with Crippen LogP contribution in [0.2, 0.25) is 0 Å². The molecule has 1 atom stereocenters. The van der Waals surface area contributed by atoms with E-state index >= 15 is 0 Å². The van der Waals surface area contributed by atoms with Gasteiger partial charge in [0.2, 0.25) is 0 Å². The molecule has 1 aromatic carbocycles. The van der Waals surface area contributed by atoms with E-state index in [1.807, 2.05) is 63.6 Å². The maximum Gasteiger partial charge on any atom is 0.256 e. The lowest BCUT2D eigenvalue weighted by Gasteiger charge is -2.35. The first-order chi connectivity index (χ1) is 13.7. The molecule has 0 saturated carbocycles. The zero-order chi connectivity index (χ0) is 19.1. The van der Waals surface area contributed by atoms with Gasteiger partial charge < -0.3 is 9.30 Å². The Balaban J connectivity index is 1.53. The number of imidazole rings is 1. The first-order valence-electron chi connectivity index (χ1n) is 9.38. The molecular weight excluding hydrogens is 352 g/mol. The summed E-state index contributed by atoms with van der Waals surface area (Å²) in [5.74, 6) is 1.59. The third-order valence-electron chi connectivity index (χ3n) is 5.20. The lowest BCUT2D eigenvalue weighted by Crippen LogP contribution is -2.43. The summed E-state index contributed by atoms with van der Waals surface area (Å²) in [6.45, 7) is 3.15. The highest BCUT2D eigenvalue weighted by molar-refractivity contribution is 5.94. The average Bonchev–Trinajstić information content (AvgIpc) is 3.33. The second-order valence-electron chi connectivity index (χ2n) is 7.05. The van der Waals surface area contributed by atoms with E-state index in [9.17, 15) is 4.79 Å². The molecule has 28 heavy (non-hydrogen) atoms. The predicted molar refractivity (Wildman–Crippen MR) is 104 cm³/mol. The number of pyridine rings is 1. The van der Waals surface area contributed by atoms with Crippen molar-refractivity contribution in [1.82, 2.24) is 29.0 Å². The maximum absolute atomic E-state index is 13.4.